The van der Waals surface area contributed by atoms with Crippen molar-refractivity contribution in [2.75, 3.05) is 39.8 Å². The van der Waals surface area contributed by atoms with E-state index in [-0.39, 0.29) is 5.91 Å². The number of carbonyl (C=O) groups excluding carboxylic acids is 1. The molecule has 1 aromatic carbocycles. The number of halogens is 1. The van der Waals surface area contributed by atoms with Crippen LogP contribution in [0.2, 0.25) is 5.02 Å². The van der Waals surface area contributed by atoms with Gasteiger partial charge in [-0.05, 0) is 18.2 Å². The number of ether oxygens (including phenoxy) is 1. The Labute approximate surface area is 163 Å². The molecule has 0 radical (unpaired) electrons. The maximum atomic E-state index is 12.9. The number of aromatic nitrogens is 2. The molecule has 27 heavy (non-hydrogen) atoms. The number of hydrogen-bond acceptors (Lipinski definition) is 5. The number of benzene rings is 1. The summed E-state index contributed by atoms with van der Waals surface area (Å²) in [4.78, 5) is 17.1. The molecule has 2 N–H and O–H groups in total. The zero-order valence-electron chi connectivity index (χ0n) is 15.4. The summed E-state index contributed by atoms with van der Waals surface area (Å²) in [7, 11) is 1.67. The number of aromatic amines is 1. The van der Waals surface area contributed by atoms with Crippen molar-refractivity contribution in [2.24, 2.45) is 0 Å². The minimum Gasteiger partial charge on any atom is -0.496 e. The van der Waals surface area contributed by atoms with Gasteiger partial charge in [-0.3, -0.25) is 14.8 Å². The van der Waals surface area contributed by atoms with E-state index in [1.807, 2.05) is 23.1 Å². The summed E-state index contributed by atoms with van der Waals surface area (Å²) in [5.74, 6) is 0.866. The monoisotopic (exact) mass is 389 g/mol. The molecule has 7 nitrogen and oxygen atoms in total. The van der Waals surface area contributed by atoms with Crippen LogP contribution in [0.4, 0.5) is 0 Å². The highest BCUT2D eigenvalue weighted by molar-refractivity contribution is 6.30. The standard InChI is InChI=1S/C19H24ClN5O2/c1-27-17-3-2-14(20)10-13(17)12-24-6-8-25(9-7-24)19(26)18-15-11-21-5-4-16(15)22-23-18/h2-3,10,21H,4-9,11-12H2,1H3,(H,22,23). The Morgan fingerprint density at radius 2 is 2.11 bits per heavy atom. The van der Waals surface area contributed by atoms with E-state index in [0.717, 1.165) is 55.2 Å². The number of nitrogens with zero attached hydrogens (tertiary/aromatic N) is 3. The fraction of sp³-hybridized carbons (Fsp3) is 0.474. The fourth-order valence-corrected chi connectivity index (χ4v) is 3.97. The Hall–Kier alpha value is -2.09. The summed E-state index contributed by atoms with van der Waals surface area (Å²) in [6.45, 7) is 5.40. The molecule has 0 unspecified atom stereocenters. The van der Waals surface area contributed by atoms with Crippen LogP contribution < -0.4 is 10.1 Å². The molecule has 0 atom stereocenters. The Balaban J connectivity index is 1.38. The summed E-state index contributed by atoms with van der Waals surface area (Å²) in [6, 6.07) is 5.67. The van der Waals surface area contributed by atoms with Crippen LogP contribution in [-0.4, -0.2) is 65.7 Å². The van der Waals surface area contributed by atoms with Gasteiger partial charge >= 0.3 is 0 Å². The van der Waals surface area contributed by atoms with E-state index < -0.39 is 0 Å². The number of methoxy groups -OCH3 is 1. The minimum absolute atomic E-state index is 0.0242. The highest BCUT2D eigenvalue weighted by Gasteiger charge is 2.28. The number of nitrogens with one attached hydrogen (secondary N) is 2. The summed E-state index contributed by atoms with van der Waals surface area (Å²) in [5.41, 5.74) is 3.75. The predicted molar refractivity (Wildman–Crippen MR) is 103 cm³/mol. The second-order valence-electron chi connectivity index (χ2n) is 6.98. The Bertz CT molecular complexity index is 830. The number of fused-ring (bicyclic) bond motifs is 1. The molecule has 1 saturated heterocycles. The van der Waals surface area contributed by atoms with Crippen LogP contribution in [0, 0.1) is 0 Å². The van der Waals surface area contributed by atoms with E-state index >= 15 is 0 Å². The SMILES string of the molecule is COc1ccc(Cl)cc1CN1CCN(C(=O)c2n[nH]c3c2CNCC3)CC1. The number of carbonyl (C=O) groups is 1. The van der Waals surface area contributed by atoms with Crippen LogP contribution in [0.15, 0.2) is 18.2 Å². The summed E-state index contributed by atoms with van der Waals surface area (Å²) >= 11 is 6.13. The molecule has 0 aliphatic carbocycles. The van der Waals surface area contributed by atoms with Gasteiger partial charge < -0.3 is 15.0 Å². The number of hydrogen-bond donors (Lipinski definition) is 2. The van der Waals surface area contributed by atoms with Gasteiger partial charge in [-0.15, -0.1) is 0 Å². The lowest BCUT2D eigenvalue weighted by Crippen LogP contribution is -2.48. The first-order valence-corrected chi connectivity index (χ1v) is 9.64. The fourth-order valence-electron chi connectivity index (χ4n) is 3.77. The van der Waals surface area contributed by atoms with Gasteiger partial charge in [0.1, 0.15) is 5.75 Å². The molecule has 2 aliphatic rings. The van der Waals surface area contributed by atoms with Gasteiger partial charge in [0.05, 0.1) is 7.11 Å². The highest BCUT2D eigenvalue weighted by atomic mass is 35.5. The zero-order chi connectivity index (χ0) is 18.8. The molecule has 0 spiro atoms. The molecule has 8 heteroatoms. The maximum Gasteiger partial charge on any atom is 0.274 e. The third-order valence-corrected chi connectivity index (χ3v) is 5.54. The van der Waals surface area contributed by atoms with Crippen LogP contribution in [-0.2, 0) is 19.5 Å². The van der Waals surface area contributed by atoms with Gasteiger partial charge in [-0.2, -0.15) is 5.10 Å². The quantitative estimate of drug-likeness (QED) is 0.832. The molecule has 1 amide bonds. The number of rotatable bonds is 4. The first-order valence-electron chi connectivity index (χ1n) is 9.26. The molecular weight excluding hydrogens is 366 g/mol. The molecule has 2 aliphatic heterocycles. The molecule has 1 aromatic heterocycles. The summed E-state index contributed by atoms with van der Waals surface area (Å²) in [6.07, 6.45) is 0.894. The van der Waals surface area contributed by atoms with E-state index in [9.17, 15) is 4.79 Å². The molecule has 144 valence electrons. The normalized spacial score (nSPS) is 17.6. The molecule has 4 rings (SSSR count). The average molecular weight is 390 g/mol. The third kappa shape index (κ3) is 3.81. The number of amides is 1. The third-order valence-electron chi connectivity index (χ3n) is 5.30. The second-order valence-corrected chi connectivity index (χ2v) is 7.42. The van der Waals surface area contributed by atoms with Crippen LogP contribution in [0.1, 0.15) is 27.3 Å². The van der Waals surface area contributed by atoms with E-state index in [0.29, 0.717) is 30.4 Å². The Kier molecular flexibility index (Phi) is 5.33. The molecule has 1 fully saturated rings. The van der Waals surface area contributed by atoms with Crippen molar-refractivity contribution in [3.63, 3.8) is 0 Å². The van der Waals surface area contributed by atoms with Crippen LogP contribution in [0.3, 0.4) is 0 Å². The van der Waals surface area contributed by atoms with E-state index in [4.69, 9.17) is 16.3 Å². The highest BCUT2D eigenvalue weighted by Crippen LogP contribution is 2.25. The summed E-state index contributed by atoms with van der Waals surface area (Å²) < 4.78 is 5.44. The first kappa shape index (κ1) is 18.3. The Morgan fingerprint density at radius 1 is 1.30 bits per heavy atom. The average Bonchev–Trinajstić information content (AvgIpc) is 3.12. The van der Waals surface area contributed by atoms with Crippen molar-refractivity contribution in [1.29, 1.82) is 0 Å². The van der Waals surface area contributed by atoms with Crippen LogP contribution >= 0.6 is 11.6 Å². The van der Waals surface area contributed by atoms with E-state index in [1.54, 1.807) is 7.11 Å². The minimum atomic E-state index is 0.0242. The van der Waals surface area contributed by atoms with E-state index in [1.165, 1.54) is 0 Å². The van der Waals surface area contributed by atoms with Crippen molar-refractivity contribution in [3.8, 4) is 5.75 Å². The number of H-pyrrole nitrogens is 1. The largest absolute Gasteiger partial charge is 0.496 e. The summed E-state index contributed by atoms with van der Waals surface area (Å²) in [5, 5.41) is 11.3. The van der Waals surface area contributed by atoms with Gasteiger partial charge in [0.2, 0.25) is 0 Å². The topological polar surface area (TPSA) is 73.5 Å². The smallest absolute Gasteiger partial charge is 0.274 e. The van der Waals surface area contributed by atoms with Gasteiger partial charge in [0, 0.05) is 74.1 Å². The molecule has 0 bridgehead atoms. The van der Waals surface area contributed by atoms with Crippen LogP contribution in [0.5, 0.6) is 5.75 Å². The number of piperazine rings is 1. The van der Waals surface area contributed by atoms with Crippen LogP contribution in [0.25, 0.3) is 0 Å². The maximum absolute atomic E-state index is 12.9. The lowest BCUT2D eigenvalue weighted by Gasteiger charge is -2.34. The predicted octanol–water partition coefficient (Wildman–Crippen LogP) is 1.68. The van der Waals surface area contributed by atoms with Crippen molar-refractivity contribution in [2.45, 2.75) is 19.5 Å². The molecular formula is C19H24ClN5O2. The van der Waals surface area contributed by atoms with Crippen molar-refractivity contribution in [1.82, 2.24) is 25.3 Å². The van der Waals surface area contributed by atoms with Gasteiger partial charge in [-0.1, -0.05) is 11.6 Å². The van der Waals surface area contributed by atoms with Gasteiger partial charge in [-0.25, -0.2) is 0 Å². The lowest BCUT2D eigenvalue weighted by atomic mass is 10.1. The molecule has 2 aromatic rings. The van der Waals surface area contributed by atoms with Gasteiger partial charge in [0.15, 0.2) is 5.69 Å². The zero-order valence-corrected chi connectivity index (χ0v) is 16.2. The molecule has 3 heterocycles. The first-order chi connectivity index (χ1) is 13.2. The van der Waals surface area contributed by atoms with Crippen molar-refractivity contribution < 1.29 is 9.53 Å². The molecule has 0 saturated carbocycles. The Morgan fingerprint density at radius 3 is 2.89 bits per heavy atom. The lowest BCUT2D eigenvalue weighted by molar-refractivity contribution is 0.0620. The van der Waals surface area contributed by atoms with Crippen molar-refractivity contribution in [3.05, 3.63) is 45.7 Å². The second kappa shape index (κ2) is 7.88. The van der Waals surface area contributed by atoms with Gasteiger partial charge in [0.25, 0.3) is 5.91 Å². The van der Waals surface area contributed by atoms with E-state index in [2.05, 4.69) is 20.4 Å². The van der Waals surface area contributed by atoms with Crippen molar-refractivity contribution >= 4 is 17.5 Å².